The smallest absolute Gasteiger partial charge is 0.330 e. The summed E-state index contributed by atoms with van der Waals surface area (Å²) in [6.07, 6.45) is 5.51. The molecular formula is C23H27NO3. The minimum absolute atomic E-state index is 0.225. The Balaban J connectivity index is 2.04. The number of ether oxygens (including phenoxy) is 1. The van der Waals surface area contributed by atoms with Crippen molar-refractivity contribution >= 4 is 12.3 Å². The molecule has 0 aliphatic heterocycles. The molecule has 0 unspecified atom stereocenters. The lowest BCUT2D eigenvalue weighted by atomic mass is 10.1. The molecular weight excluding hydrogens is 338 g/mol. The van der Waals surface area contributed by atoms with E-state index in [2.05, 4.69) is 29.2 Å². The first-order valence-corrected chi connectivity index (χ1v) is 9.33. The maximum Gasteiger partial charge on any atom is 0.330 e. The van der Waals surface area contributed by atoms with Crippen LogP contribution < -0.4 is 0 Å². The minimum atomic E-state index is -0.342. The number of allylic oxidation sites excluding steroid dienone is 1. The number of hydrogen-bond donors (Lipinski definition) is 0. The number of carbonyl (C=O) groups is 2. The van der Waals surface area contributed by atoms with E-state index in [1.54, 1.807) is 13.0 Å². The molecule has 0 spiro atoms. The Morgan fingerprint density at radius 2 is 1.56 bits per heavy atom. The van der Waals surface area contributed by atoms with Crippen molar-refractivity contribution in [3.8, 4) is 0 Å². The van der Waals surface area contributed by atoms with Gasteiger partial charge in [0.1, 0.15) is 6.29 Å². The van der Waals surface area contributed by atoms with Gasteiger partial charge in [-0.1, -0.05) is 66.7 Å². The Hall–Kier alpha value is -2.72. The van der Waals surface area contributed by atoms with Gasteiger partial charge in [0, 0.05) is 19.2 Å². The molecule has 0 saturated heterocycles. The average molecular weight is 365 g/mol. The average Bonchev–Trinajstić information content (AvgIpc) is 2.69. The van der Waals surface area contributed by atoms with E-state index in [4.69, 9.17) is 4.74 Å². The lowest BCUT2D eigenvalue weighted by molar-refractivity contribution is -0.137. The summed E-state index contributed by atoms with van der Waals surface area (Å²) in [5.74, 6) is -0.342. The molecule has 2 rings (SSSR count). The summed E-state index contributed by atoms with van der Waals surface area (Å²) < 4.78 is 4.88. The summed E-state index contributed by atoms with van der Waals surface area (Å²) in [6, 6.07) is 20.1. The number of benzene rings is 2. The van der Waals surface area contributed by atoms with E-state index in [0.717, 1.165) is 6.29 Å². The van der Waals surface area contributed by atoms with Crippen LogP contribution in [0.25, 0.3) is 0 Å². The highest BCUT2D eigenvalue weighted by Gasteiger charge is 2.18. The summed E-state index contributed by atoms with van der Waals surface area (Å²) in [4.78, 5) is 25.4. The third-order valence-corrected chi connectivity index (χ3v) is 4.25. The summed E-state index contributed by atoms with van der Waals surface area (Å²) in [5, 5.41) is 0. The fraction of sp³-hybridized carbons (Fsp3) is 0.304. The van der Waals surface area contributed by atoms with Crippen molar-refractivity contribution in [2.45, 2.75) is 38.9 Å². The third-order valence-electron chi connectivity index (χ3n) is 4.25. The molecule has 4 nitrogen and oxygen atoms in total. The van der Waals surface area contributed by atoms with Crippen LogP contribution in [0.1, 0.15) is 30.9 Å². The van der Waals surface area contributed by atoms with Crippen LogP contribution in [0.5, 0.6) is 0 Å². The number of esters is 1. The summed E-state index contributed by atoms with van der Waals surface area (Å²) in [5.41, 5.74) is 2.34. The first kappa shape index (κ1) is 20.6. The topological polar surface area (TPSA) is 46.6 Å². The monoisotopic (exact) mass is 365 g/mol. The van der Waals surface area contributed by atoms with Gasteiger partial charge in [0.25, 0.3) is 0 Å². The Labute approximate surface area is 161 Å². The summed E-state index contributed by atoms with van der Waals surface area (Å²) in [6.45, 7) is 3.53. The van der Waals surface area contributed by atoms with Crippen molar-refractivity contribution in [1.82, 2.24) is 4.90 Å². The molecule has 2 aromatic rings. The van der Waals surface area contributed by atoms with Crippen molar-refractivity contribution in [2.75, 3.05) is 6.61 Å². The first-order valence-electron chi connectivity index (χ1n) is 9.33. The van der Waals surface area contributed by atoms with E-state index in [1.165, 1.54) is 17.2 Å². The fourth-order valence-electron chi connectivity index (χ4n) is 2.90. The second kappa shape index (κ2) is 11.8. The van der Waals surface area contributed by atoms with Crippen molar-refractivity contribution in [1.29, 1.82) is 0 Å². The van der Waals surface area contributed by atoms with Gasteiger partial charge in [-0.05, 0) is 30.9 Å². The van der Waals surface area contributed by atoms with Gasteiger partial charge >= 0.3 is 5.97 Å². The van der Waals surface area contributed by atoms with Gasteiger partial charge in [-0.25, -0.2) is 4.79 Å². The standard InChI is InChI=1S/C23H27NO3/c1-2-27-23(26)16-10-9-15-22(19-25)24(17-20-11-5-3-6-12-20)18-21-13-7-4-8-14-21/h3-8,10-14,16,19,22H,2,9,15,17-18H2,1H3/t22-/m1/s1. The highest BCUT2D eigenvalue weighted by atomic mass is 16.5. The molecule has 0 aliphatic carbocycles. The molecule has 4 heteroatoms. The molecule has 0 N–H and O–H groups in total. The van der Waals surface area contributed by atoms with Crippen LogP contribution in [-0.4, -0.2) is 29.8 Å². The van der Waals surface area contributed by atoms with Gasteiger partial charge in [0.15, 0.2) is 0 Å². The van der Waals surface area contributed by atoms with Gasteiger partial charge in [-0.2, -0.15) is 0 Å². The lowest BCUT2D eigenvalue weighted by Gasteiger charge is -2.28. The van der Waals surface area contributed by atoms with E-state index in [9.17, 15) is 9.59 Å². The molecule has 142 valence electrons. The number of nitrogens with zero attached hydrogens (tertiary/aromatic N) is 1. The van der Waals surface area contributed by atoms with E-state index >= 15 is 0 Å². The van der Waals surface area contributed by atoms with E-state index in [1.807, 2.05) is 36.4 Å². The van der Waals surface area contributed by atoms with Crippen LogP contribution in [-0.2, 0) is 27.4 Å². The van der Waals surface area contributed by atoms with Crippen LogP contribution in [0.15, 0.2) is 72.8 Å². The summed E-state index contributed by atoms with van der Waals surface area (Å²) >= 11 is 0. The Morgan fingerprint density at radius 1 is 1.00 bits per heavy atom. The van der Waals surface area contributed by atoms with E-state index < -0.39 is 0 Å². The van der Waals surface area contributed by atoms with E-state index in [-0.39, 0.29) is 12.0 Å². The van der Waals surface area contributed by atoms with Crippen molar-refractivity contribution in [3.63, 3.8) is 0 Å². The molecule has 0 fully saturated rings. The third kappa shape index (κ3) is 7.59. The van der Waals surface area contributed by atoms with Crippen LogP contribution in [0.2, 0.25) is 0 Å². The van der Waals surface area contributed by atoms with Gasteiger partial charge in [-0.15, -0.1) is 0 Å². The zero-order valence-corrected chi connectivity index (χ0v) is 15.8. The van der Waals surface area contributed by atoms with Gasteiger partial charge in [0.05, 0.1) is 12.6 Å². The minimum Gasteiger partial charge on any atom is -0.463 e. The number of hydrogen-bond acceptors (Lipinski definition) is 4. The van der Waals surface area contributed by atoms with Crippen LogP contribution in [0.4, 0.5) is 0 Å². The second-order valence-electron chi connectivity index (χ2n) is 6.31. The maximum absolute atomic E-state index is 11.8. The normalized spacial score (nSPS) is 12.2. The second-order valence-corrected chi connectivity index (χ2v) is 6.31. The Morgan fingerprint density at radius 3 is 2.04 bits per heavy atom. The molecule has 0 heterocycles. The van der Waals surface area contributed by atoms with Gasteiger partial charge in [0.2, 0.25) is 0 Å². The molecule has 0 aromatic heterocycles. The van der Waals surface area contributed by atoms with Crippen LogP contribution >= 0.6 is 0 Å². The predicted octanol–water partition coefficient (Wildman–Crippen LogP) is 4.16. The number of rotatable bonds is 11. The predicted molar refractivity (Wildman–Crippen MR) is 107 cm³/mol. The van der Waals surface area contributed by atoms with Crippen LogP contribution in [0.3, 0.4) is 0 Å². The molecule has 0 amide bonds. The SMILES string of the molecule is CCOC(=O)C=CCC[C@H](C=O)N(Cc1ccccc1)Cc1ccccc1. The highest BCUT2D eigenvalue weighted by Crippen LogP contribution is 2.16. The maximum atomic E-state index is 11.8. The summed E-state index contributed by atoms with van der Waals surface area (Å²) in [7, 11) is 0. The number of aldehydes is 1. The highest BCUT2D eigenvalue weighted by molar-refractivity contribution is 5.81. The first-order chi connectivity index (χ1) is 13.2. The van der Waals surface area contributed by atoms with Crippen molar-refractivity contribution < 1.29 is 14.3 Å². The molecule has 0 radical (unpaired) electrons. The number of carbonyl (C=O) groups excluding carboxylic acids is 2. The Bertz CT molecular complexity index is 671. The zero-order valence-electron chi connectivity index (χ0n) is 15.8. The molecule has 0 aliphatic rings. The molecule has 27 heavy (non-hydrogen) atoms. The largest absolute Gasteiger partial charge is 0.463 e. The zero-order chi connectivity index (χ0) is 19.3. The molecule has 0 saturated carbocycles. The Kier molecular flexibility index (Phi) is 9.01. The van der Waals surface area contributed by atoms with E-state index in [0.29, 0.717) is 32.5 Å². The molecule has 0 bridgehead atoms. The van der Waals surface area contributed by atoms with Crippen molar-refractivity contribution in [2.24, 2.45) is 0 Å². The quantitative estimate of drug-likeness (QED) is 0.341. The fourth-order valence-corrected chi connectivity index (χ4v) is 2.90. The lowest BCUT2D eigenvalue weighted by Crippen LogP contribution is -2.35. The van der Waals surface area contributed by atoms with Crippen LogP contribution in [0, 0.1) is 0 Å². The van der Waals surface area contributed by atoms with Gasteiger partial charge in [-0.3, -0.25) is 4.90 Å². The van der Waals surface area contributed by atoms with Crippen molar-refractivity contribution in [3.05, 3.63) is 83.9 Å². The van der Waals surface area contributed by atoms with Gasteiger partial charge < -0.3 is 9.53 Å². The molecule has 2 aromatic carbocycles. The molecule has 1 atom stereocenters.